The number of nitrogens with one attached hydrogen (secondary N) is 1. The van der Waals surface area contributed by atoms with Gasteiger partial charge in [0.05, 0.1) is 0 Å². The van der Waals surface area contributed by atoms with Gasteiger partial charge in [0.25, 0.3) is 0 Å². The van der Waals surface area contributed by atoms with E-state index < -0.39 is 7.12 Å². The third kappa shape index (κ3) is 9.04. The second-order valence-corrected chi connectivity index (χ2v) is 16.0. The molecule has 0 fully saturated rings. The summed E-state index contributed by atoms with van der Waals surface area (Å²) in [5, 5.41) is 19.7. The Morgan fingerprint density at radius 1 is 0.500 bits per heavy atom. The lowest BCUT2D eigenvalue weighted by Gasteiger charge is -2.36. The molecule has 66 heavy (non-hydrogen) atoms. The summed E-state index contributed by atoms with van der Waals surface area (Å²) in [6.07, 6.45) is 8.68. The number of fused-ring (bicyclic) bond motifs is 3. The first kappa shape index (κ1) is 43.3. The lowest BCUT2D eigenvalue weighted by atomic mass is 9.59. The largest absolute Gasteiger partial charge is 0.489 e. The quantitative estimate of drug-likeness (QED) is 0.132. The van der Waals surface area contributed by atoms with Crippen LogP contribution in [0.2, 0.25) is 0 Å². The smallest absolute Gasteiger partial charge is 0.423 e. The SMILES string of the molecule is CCc1ccccc1-c1ncc[nH]1.CN1B(c2c(-c3ccccc3)cccc2-c2ccccc2)n2ccnc2-c2ccccc21.OB(O)c1c(-c2ccccc2)cccc1-c1ccccc1. The van der Waals surface area contributed by atoms with Crippen LogP contribution < -0.4 is 15.7 Å². The minimum absolute atomic E-state index is 0.0194. The fraction of sp³-hybridized carbons (Fsp3) is 0.0526. The Morgan fingerprint density at radius 3 is 1.45 bits per heavy atom. The van der Waals surface area contributed by atoms with Gasteiger partial charge in [0.2, 0.25) is 0 Å². The molecule has 0 spiro atoms. The molecule has 11 rings (SSSR count). The number of rotatable bonds is 8. The summed E-state index contributed by atoms with van der Waals surface area (Å²) < 4.78 is 2.30. The number of imidazole rings is 2. The standard InChI is InChI=1S/C28H22BN3.C18H15BO2.C11H12N2/c1-31-26-18-9-8-15-25(26)28-30-19-20-32(28)29(31)27-23(21-11-4-2-5-12-21)16-10-17-24(27)22-13-6-3-7-14-22;20-19(21)18-16(14-8-3-1-4-9-14)12-7-13-17(18)15-10-5-2-6-11-15;1-2-9-5-3-4-6-10(9)11-12-7-8-13-11/h2-20H,1H3;1-13,20-21H;3-8H,2H2,1H3,(H,12,13). The van der Waals surface area contributed by atoms with Crippen molar-refractivity contribution in [1.82, 2.24) is 19.4 Å². The molecule has 8 aromatic carbocycles. The van der Waals surface area contributed by atoms with Gasteiger partial charge < -0.3 is 24.3 Å². The highest BCUT2D eigenvalue weighted by Gasteiger charge is 2.38. The van der Waals surface area contributed by atoms with E-state index in [1.165, 1.54) is 44.5 Å². The summed E-state index contributed by atoms with van der Waals surface area (Å²) in [7, 11) is 0.666. The van der Waals surface area contributed by atoms with Crippen LogP contribution >= 0.6 is 0 Å². The molecule has 0 aliphatic carbocycles. The number of hydrogen-bond acceptors (Lipinski definition) is 5. The van der Waals surface area contributed by atoms with Crippen molar-refractivity contribution in [3.05, 3.63) is 237 Å². The molecule has 3 heterocycles. The number of aryl methyl sites for hydroxylation is 1. The van der Waals surface area contributed by atoms with Gasteiger partial charge in [-0.2, -0.15) is 0 Å². The summed E-state index contributed by atoms with van der Waals surface area (Å²) in [4.78, 5) is 14.5. The van der Waals surface area contributed by atoms with Gasteiger partial charge in [-0.25, -0.2) is 9.97 Å². The van der Waals surface area contributed by atoms with Crippen molar-refractivity contribution < 1.29 is 10.0 Å². The second-order valence-electron chi connectivity index (χ2n) is 16.0. The van der Waals surface area contributed by atoms with E-state index in [9.17, 15) is 10.0 Å². The Balaban J connectivity index is 0.000000138. The van der Waals surface area contributed by atoms with Crippen molar-refractivity contribution in [1.29, 1.82) is 0 Å². The van der Waals surface area contributed by atoms with E-state index in [0.29, 0.717) is 5.46 Å². The van der Waals surface area contributed by atoms with Gasteiger partial charge >= 0.3 is 14.1 Å². The van der Waals surface area contributed by atoms with Crippen LogP contribution in [0.3, 0.4) is 0 Å². The highest BCUT2D eigenvalue weighted by molar-refractivity contribution is 6.78. The summed E-state index contributed by atoms with van der Waals surface area (Å²) in [5.41, 5.74) is 15.2. The molecule has 1 aliphatic rings. The maximum absolute atomic E-state index is 9.86. The Bertz CT molecular complexity index is 3010. The monoisotopic (exact) mass is 857 g/mol. The number of nitrogens with zero attached hydrogens (tertiary/aromatic N) is 4. The molecule has 0 saturated heterocycles. The molecule has 1 aliphatic heterocycles. The Morgan fingerprint density at radius 2 is 0.955 bits per heavy atom. The molecule has 320 valence electrons. The molecule has 3 N–H and O–H groups in total. The molecular formula is C57H49B2N5O2. The molecule has 0 atom stereocenters. The van der Waals surface area contributed by atoms with Gasteiger partial charge in [-0.05, 0) is 86.6 Å². The van der Waals surface area contributed by atoms with Crippen molar-refractivity contribution in [3.8, 4) is 67.3 Å². The zero-order chi connectivity index (χ0) is 45.2. The number of para-hydroxylation sites is 1. The predicted octanol–water partition coefficient (Wildman–Crippen LogP) is 10.9. The van der Waals surface area contributed by atoms with Crippen LogP contribution in [0.25, 0.3) is 67.3 Å². The fourth-order valence-electron chi connectivity index (χ4n) is 8.98. The minimum atomic E-state index is -1.52. The van der Waals surface area contributed by atoms with Crippen LogP contribution in [0, 0.1) is 0 Å². The average Bonchev–Trinajstić information content (AvgIpc) is 4.12. The predicted molar refractivity (Wildman–Crippen MR) is 275 cm³/mol. The maximum atomic E-state index is 9.86. The first-order valence-corrected chi connectivity index (χ1v) is 22.3. The van der Waals surface area contributed by atoms with Crippen LogP contribution in [-0.4, -0.2) is 50.6 Å². The van der Waals surface area contributed by atoms with Gasteiger partial charge in [-0.15, -0.1) is 0 Å². The molecule has 0 saturated carbocycles. The first-order chi connectivity index (χ1) is 32.5. The average molecular weight is 858 g/mol. The lowest BCUT2D eigenvalue weighted by molar-refractivity contribution is 0.426. The highest BCUT2D eigenvalue weighted by Crippen LogP contribution is 2.37. The molecule has 10 aromatic rings. The zero-order valence-electron chi connectivity index (χ0n) is 37.0. The third-order valence-corrected chi connectivity index (χ3v) is 12.0. The van der Waals surface area contributed by atoms with Crippen molar-refractivity contribution in [2.75, 3.05) is 11.9 Å². The summed E-state index contributed by atoms with van der Waals surface area (Å²) in [6.45, 7) is 2.14. The highest BCUT2D eigenvalue weighted by atomic mass is 16.4. The summed E-state index contributed by atoms with van der Waals surface area (Å²) in [5.74, 6) is 1.96. The molecule has 0 unspecified atom stereocenters. The van der Waals surface area contributed by atoms with E-state index in [0.717, 1.165) is 45.9 Å². The molecule has 7 nitrogen and oxygen atoms in total. The van der Waals surface area contributed by atoms with Crippen LogP contribution in [0.4, 0.5) is 5.69 Å². The van der Waals surface area contributed by atoms with E-state index in [1.54, 1.807) is 6.20 Å². The maximum Gasteiger partial charge on any atom is 0.489 e. The fourth-order valence-corrected chi connectivity index (χ4v) is 8.98. The molecular weight excluding hydrogens is 808 g/mol. The van der Waals surface area contributed by atoms with Gasteiger partial charge in [-0.3, -0.25) is 0 Å². The topological polar surface area (TPSA) is 90.2 Å². The normalized spacial score (nSPS) is 11.3. The van der Waals surface area contributed by atoms with Crippen molar-refractivity contribution in [2.24, 2.45) is 0 Å². The number of hydrogen-bond donors (Lipinski definition) is 3. The van der Waals surface area contributed by atoms with Crippen LogP contribution in [0.5, 0.6) is 0 Å². The second kappa shape index (κ2) is 20.2. The number of H-pyrrole nitrogens is 1. The van der Waals surface area contributed by atoms with Crippen molar-refractivity contribution in [3.63, 3.8) is 0 Å². The summed E-state index contributed by atoms with van der Waals surface area (Å²) >= 11 is 0. The van der Waals surface area contributed by atoms with Crippen LogP contribution in [0.1, 0.15) is 12.5 Å². The van der Waals surface area contributed by atoms with E-state index in [4.69, 9.17) is 4.98 Å². The number of aromatic amines is 1. The molecule has 9 heteroatoms. The van der Waals surface area contributed by atoms with Gasteiger partial charge in [0.15, 0.2) is 0 Å². The lowest BCUT2D eigenvalue weighted by Crippen LogP contribution is -2.55. The molecule has 0 bridgehead atoms. The van der Waals surface area contributed by atoms with Gasteiger partial charge in [-0.1, -0.05) is 201 Å². The molecule has 0 amide bonds. The van der Waals surface area contributed by atoms with E-state index in [-0.39, 0.29) is 6.98 Å². The summed E-state index contributed by atoms with van der Waals surface area (Å²) in [6, 6.07) is 70.1. The molecule has 2 aromatic heterocycles. The third-order valence-electron chi connectivity index (χ3n) is 12.0. The van der Waals surface area contributed by atoms with E-state index >= 15 is 0 Å². The van der Waals surface area contributed by atoms with Gasteiger partial charge in [0, 0.05) is 41.6 Å². The Kier molecular flexibility index (Phi) is 13.3. The zero-order valence-corrected chi connectivity index (χ0v) is 37.0. The first-order valence-electron chi connectivity index (χ1n) is 22.3. The number of anilines is 1. The number of benzene rings is 8. The van der Waals surface area contributed by atoms with Crippen molar-refractivity contribution in [2.45, 2.75) is 13.3 Å². The van der Waals surface area contributed by atoms with E-state index in [2.05, 4.69) is 161 Å². The Hall–Kier alpha value is -7.97. The van der Waals surface area contributed by atoms with Crippen LogP contribution in [0.15, 0.2) is 231 Å². The minimum Gasteiger partial charge on any atom is -0.423 e. The molecule has 0 radical (unpaired) electrons. The van der Waals surface area contributed by atoms with Crippen LogP contribution in [-0.2, 0) is 6.42 Å². The van der Waals surface area contributed by atoms with E-state index in [1.807, 2.05) is 97.3 Å². The van der Waals surface area contributed by atoms with Gasteiger partial charge in [0.1, 0.15) is 11.6 Å². The number of aromatic nitrogens is 4. The Labute approximate surface area is 387 Å². The van der Waals surface area contributed by atoms with Crippen molar-refractivity contribution >= 4 is 30.7 Å².